The zero-order valence-corrected chi connectivity index (χ0v) is 11.6. The molecule has 0 amide bonds. The first kappa shape index (κ1) is 15.4. The summed E-state index contributed by atoms with van der Waals surface area (Å²) in [7, 11) is 0.271. The van der Waals surface area contributed by atoms with Gasteiger partial charge in [-0.15, -0.1) is 0 Å². The molecule has 0 saturated carbocycles. The van der Waals surface area contributed by atoms with Gasteiger partial charge in [-0.1, -0.05) is 0 Å². The third kappa shape index (κ3) is 4.52. The minimum absolute atomic E-state index is 0.272. The maximum absolute atomic E-state index is 11.9. The molecule has 0 atom stereocenters. The Bertz CT molecular complexity index is 375. The molecule has 0 bridgehead atoms. The van der Waals surface area contributed by atoms with Crippen LogP contribution < -0.4 is 4.72 Å². The summed E-state index contributed by atoms with van der Waals surface area (Å²) in [6.07, 6.45) is 0.758. The van der Waals surface area contributed by atoms with Gasteiger partial charge in [0.05, 0.1) is 5.92 Å². The van der Waals surface area contributed by atoms with Gasteiger partial charge in [-0.3, -0.25) is 4.79 Å². The smallest absolute Gasteiger partial charge is 0.306 e. The number of aliphatic carboxylic acids is 1. The van der Waals surface area contributed by atoms with E-state index in [0.29, 0.717) is 25.9 Å². The van der Waals surface area contributed by atoms with Crippen LogP contribution in [0.2, 0.25) is 0 Å². The summed E-state index contributed by atoms with van der Waals surface area (Å²) in [5.41, 5.74) is 0. The average Bonchev–Trinajstić information content (AvgIpc) is 2.28. The second-order valence-corrected chi connectivity index (χ2v) is 6.47. The van der Waals surface area contributed by atoms with Crippen LogP contribution in [0.1, 0.15) is 12.8 Å². The average molecular weight is 279 g/mol. The third-order valence-corrected chi connectivity index (χ3v) is 4.60. The Hall–Kier alpha value is -0.700. The Morgan fingerprint density at radius 3 is 2.39 bits per heavy atom. The summed E-state index contributed by atoms with van der Waals surface area (Å²) >= 11 is 0. The topological polar surface area (TPSA) is 90.0 Å². The highest BCUT2D eigenvalue weighted by molar-refractivity contribution is 7.87. The van der Waals surface area contributed by atoms with Gasteiger partial charge in [-0.25, -0.2) is 4.72 Å². The van der Waals surface area contributed by atoms with Crippen molar-refractivity contribution in [3.63, 3.8) is 0 Å². The van der Waals surface area contributed by atoms with Crippen LogP contribution in [0.4, 0.5) is 0 Å². The number of likely N-dealkylation sites (N-methyl/N-ethyl adjacent to an activating group) is 1. The van der Waals surface area contributed by atoms with Gasteiger partial charge in [0.1, 0.15) is 0 Å². The molecule has 1 saturated heterocycles. The van der Waals surface area contributed by atoms with Crippen LogP contribution in [0.25, 0.3) is 0 Å². The van der Waals surface area contributed by atoms with Gasteiger partial charge < -0.3 is 10.0 Å². The summed E-state index contributed by atoms with van der Waals surface area (Å²) in [5.74, 6) is -1.26. The van der Waals surface area contributed by atoms with Crippen molar-refractivity contribution < 1.29 is 18.3 Å². The van der Waals surface area contributed by atoms with Crippen LogP contribution in [0.3, 0.4) is 0 Å². The SMILES string of the molecule is CN(C)CCNS(=O)(=O)N1CCC(C(=O)O)CC1. The lowest BCUT2D eigenvalue weighted by molar-refractivity contribution is -0.142. The molecule has 1 fully saturated rings. The first-order chi connectivity index (χ1) is 8.33. The normalized spacial score (nSPS) is 19.3. The molecule has 0 aliphatic carbocycles. The van der Waals surface area contributed by atoms with Crippen molar-refractivity contribution in [3.05, 3.63) is 0 Å². The largest absolute Gasteiger partial charge is 0.481 e. The molecule has 106 valence electrons. The van der Waals surface area contributed by atoms with E-state index in [1.165, 1.54) is 4.31 Å². The van der Waals surface area contributed by atoms with Gasteiger partial charge in [-0.05, 0) is 26.9 Å². The Kier molecular flexibility index (Phi) is 5.51. The Labute approximate surface area is 108 Å². The van der Waals surface area contributed by atoms with Gasteiger partial charge >= 0.3 is 5.97 Å². The van der Waals surface area contributed by atoms with Gasteiger partial charge in [0.25, 0.3) is 10.2 Å². The van der Waals surface area contributed by atoms with E-state index < -0.39 is 22.1 Å². The number of carbonyl (C=O) groups is 1. The lowest BCUT2D eigenvalue weighted by Crippen LogP contribution is -2.47. The van der Waals surface area contributed by atoms with Crippen molar-refractivity contribution in [2.24, 2.45) is 5.92 Å². The molecular formula is C10H21N3O4S. The predicted octanol–water partition coefficient (Wildman–Crippen LogP) is -0.821. The monoisotopic (exact) mass is 279 g/mol. The molecular weight excluding hydrogens is 258 g/mol. The molecule has 0 aromatic rings. The van der Waals surface area contributed by atoms with Crippen molar-refractivity contribution in [2.75, 3.05) is 40.3 Å². The number of hydrogen-bond donors (Lipinski definition) is 2. The first-order valence-corrected chi connectivity index (χ1v) is 7.39. The summed E-state index contributed by atoms with van der Waals surface area (Å²) in [6, 6.07) is 0. The second kappa shape index (κ2) is 6.46. The number of hydrogen-bond acceptors (Lipinski definition) is 4. The number of rotatable bonds is 6. The Morgan fingerprint density at radius 1 is 1.39 bits per heavy atom. The molecule has 7 nitrogen and oxygen atoms in total. The molecule has 0 aromatic heterocycles. The van der Waals surface area contributed by atoms with Crippen molar-refractivity contribution in [1.82, 2.24) is 13.9 Å². The van der Waals surface area contributed by atoms with Crippen LogP contribution in [0.15, 0.2) is 0 Å². The summed E-state index contributed by atoms with van der Waals surface area (Å²) in [5, 5.41) is 8.84. The van der Waals surface area contributed by atoms with E-state index in [4.69, 9.17) is 5.11 Å². The molecule has 0 radical (unpaired) electrons. The summed E-state index contributed by atoms with van der Waals surface area (Å²) in [6.45, 7) is 1.53. The fraction of sp³-hybridized carbons (Fsp3) is 0.900. The molecule has 1 aliphatic rings. The number of piperidine rings is 1. The zero-order valence-electron chi connectivity index (χ0n) is 10.8. The Morgan fingerprint density at radius 2 is 1.94 bits per heavy atom. The van der Waals surface area contributed by atoms with Crippen molar-refractivity contribution in [3.8, 4) is 0 Å². The predicted molar refractivity (Wildman–Crippen MR) is 67.4 cm³/mol. The Balaban J connectivity index is 2.43. The molecule has 2 N–H and O–H groups in total. The molecule has 0 spiro atoms. The first-order valence-electron chi connectivity index (χ1n) is 5.95. The van der Waals surface area contributed by atoms with Crippen molar-refractivity contribution in [2.45, 2.75) is 12.8 Å². The van der Waals surface area contributed by atoms with Crippen LogP contribution in [0, 0.1) is 5.92 Å². The van der Waals surface area contributed by atoms with E-state index >= 15 is 0 Å². The number of carboxylic acid groups (broad SMARTS) is 1. The summed E-state index contributed by atoms with van der Waals surface area (Å²) in [4.78, 5) is 12.7. The van der Waals surface area contributed by atoms with E-state index in [9.17, 15) is 13.2 Å². The molecule has 0 unspecified atom stereocenters. The quantitative estimate of drug-likeness (QED) is 0.663. The molecule has 1 heterocycles. The van der Waals surface area contributed by atoms with Gasteiger partial charge in [0, 0.05) is 26.2 Å². The molecule has 18 heavy (non-hydrogen) atoms. The molecule has 8 heteroatoms. The molecule has 1 rings (SSSR count). The van der Waals surface area contributed by atoms with Gasteiger partial charge in [-0.2, -0.15) is 12.7 Å². The number of nitrogens with one attached hydrogen (secondary N) is 1. The molecule has 1 aliphatic heterocycles. The zero-order chi connectivity index (χ0) is 13.8. The van der Waals surface area contributed by atoms with Gasteiger partial charge in [0.2, 0.25) is 0 Å². The third-order valence-electron chi connectivity index (χ3n) is 2.99. The molecule has 0 aromatic carbocycles. The van der Waals surface area contributed by atoms with Gasteiger partial charge in [0.15, 0.2) is 0 Å². The van der Waals surface area contributed by atoms with Crippen LogP contribution >= 0.6 is 0 Å². The van der Waals surface area contributed by atoms with E-state index in [2.05, 4.69) is 4.72 Å². The minimum Gasteiger partial charge on any atom is -0.481 e. The standard InChI is InChI=1S/C10H21N3O4S/c1-12(2)8-5-11-18(16,17)13-6-3-9(4-7-13)10(14)15/h9,11H,3-8H2,1-2H3,(H,14,15). The van der Waals surface area contributed by atoms with E-state index in [0.717, 1.165) is 0 Å². The highest BCUT2D eigenvalue weighted by Crippen LogP contribution is 2.18. The number of carboxylic acids is 1. The van der Waals surface area contributed by atoms with Crippen LogP contribution in [0.5, 0.6) is 0 Å². The minimum atomic E-state index is -3.46. The summed E-state index contributed by atoms with van der Waals surface area (Å²) < 4.78 is 27.6. The van der Waals surface area contributed by atoms with Crippen LogP contribution in [-0.2, 0) is 15.0 Å². The lowest BCUT2D eigenvalue weighted by atomic mass is 9.99. The van der Waals surface area contributed by atoms with Crippen LogP contribution in [-0.4, -0.2) is 69.0 Å². The number of nitrogens with zero attached hydrogens (tertiary/aromatic N) is 2. The highest BCUT2D eigenvalue weighted by atomic mass is 32.2. The van der Waals surface area contributed by atoms with Crippen molar-refractivity contribution in [1.29, 1.82) is 0 Å². The highest BCUT2D eigenvalue weighted by Gasteiger charge is 2.30. The fourth-order valence-corrected chi connectivity index (χ4v) is 3.06. The lowest BCUT2D eigenvalue weighted by Gasteiger charge is -2.29. The maximum Gasteiger partial charge on any atom is 0.306 e. The second-order valence-electron chi connectivity index (χ2n) is 4.71. The maximum atomic E-state index is 11.9. The van der Waals surface area contributed by atoms with E-state index in [1.807, 2.05) is 19.0 Å². The van der Waals surface area contributed by atoms with Crippen molar-refractivity contribution >= 4 is 16.2 Å². The van der Waals surface area contributed by atoms with E-state index in [-0.39, 0.29) is 13.1 Å². The van der Waals surface area contributed by atoms with E-state index in [1.54, 1.807) is 0 Å². The fourth-order valence-electron chi connectivity index (χ4n) is 1.83.